The molecule has 0 saturated heterocycles. The van der Waals surface area contributed by atoms with Crippen LogP contribution in [0.2, 0.25) is 5.02 Å². The van der Waals surface area contributed by atoms with E-state index in [1.54, 1.807) is 6.08 Å². The van der Waals surface area contributed by atoms with Gasteiger partial charge in [-0.3, -0.25) is 20.4 Å². The van der Waals surface area contributed by atoms with Crippen LogP contribution in [-0.2, 0) is 4.79 Å². The first-order valence-corrected chi connectivity index (χ1v) is 8.76. The van der Waals surface area contributed by atoms with Crippen molar-refractivity contribution in [1.82, 2.24) is 10.9 Å². The Morgan fingerprint density at radius 2 is 1.76 bits per heavy atom. The van der Waals surface area contributed by atoms with Gasteiger partial charge in [0, 0.05) is 16.2 Å². The molecule has 0 aliphatic carbocycles. The van der Waals surface area contributed by atoms with Crippen LogP contribution in [0.4, 0.5) is 0 Å². The lowest BCUT2D eigenvalue weighted by Gasteiger charge is -2.04. The normalized spacial score (nSPS) is 11.0. The van der Waals surface area contributed by atoms with Crippen molar-refractivity contribution < 1.29 is 9.59 Å². The molecule has 0 saturated carbocycles. The fraction of sp³-hybridized carbons (Fsp3) is 0.0526. The summed E-state index contributed by atoms with van der Waals surface area (Å²) in [6, 6.07) is 15.2. The second-order valence-corrected chi connectivity index (χ2v) is 6.86. The third-order valence-electron chi connectivity index (χ3n) is 3.54. The largest absolute Gasteiger partial charge is 0.281 e. The molecule has 0 aliphatic rings. The van der Waals surface area contributed by atoms with Gasteiger partial charge in [-0.1, -0.05) is 59.6 Å². The van der Waals surface area contributed by atoms with Crippen LogP contribution < -0.4 is 10.9 Å². The average Bonchev–Trinajstić information content (AvgIpc) is 2.96. The third-order valence-corrected chi connectivity index (χ3v) is 5.22. The number of fused-ring (bicyclic) bond motifs is 1. The number of carbonyl (C=O) groups is 2. The minimum absolute atomic E-state index is 0.366. The first kappa shape index (κ1) is 17.2. The highest BCUT2D eigenvalue weighted by atomic mass is 35.5. The van der Waals surface area contributed by atoms with Gasteiger partial charge in [0.2, 0.25) is 0 Å². The summed E-state index contributed by atoms with van der Waals surface area (Å²) in [6.45, 7) is 1.99. The third kappa shape index (κ3) is 4.07. The molecule has 4 nitrogen and oxygen atoms in total. The first-order chi connectivity index (χ1) is 12.0. The van der Waals surface area contributed by atoms with Gasteiger partial charge in [0.25, 0.3) is 11.8 Å². The van der Waals surface area contributed by atoms with Crippen molar-refractivity contribution in [3.63, 3.8) is 0 Å². The molecule has 2 amide bonds. The minimum atomic E-state index is -0.441. The summed E-state index contributed by atoms with van der Waals surface area (Å²) in [5.74, 6) is -0.866. The van der Waals surface area contributed by atoms with Gasteiger partial charge in [-0.25, -0.2) is 0 Å². The summed E-state index contributed by atoms with van der Waals surface area (Å²) < 4.78 is 0.920. The van der Waals surface area contributed by atoms with Crippen LogP contribution in [0.1, 0.15) is 20.8 Å². The number of aryl methyl sites for hydroxylation is 1. The SMILES string of the molecule is Cc1ccc(C=CC(=O)NNC(=O)c2sc3ccccc3c2Cl)cc1. The molecule has 1 aromatic heterocycles. The van der Waals surface area contributed by atoms with Crippen LogP contribution >= 0.6 is 22.9 Å². The quantitative estimate of drug-likeness (QED) is 0.532. The van der Waals surface area contributed by atoms with E-state index in [0.717, 1.165) is 21.2 Å². The smallest absolute Gasteiger partial charge is 0.268 e. The number of hydrogen-bond donors (Lipinski definition) is 2. The Bertz CT molecular complexity index is 961. The monoisotopic (exact) mass is 370 g/mol. The van der Waals surface area contributed by atoms with E-state index in [-0.39, 0.29) is 0 Å². The van der Waals surface area contributed by atoms with E-state index < -0.39 is 11.8 Å². The van der Waals surface area contributed by atoms with Crippen molar-refractivity contribution >= 4 is 50.9 Å². The molecule has 3 aromatic rings. The Kier molecular flexibility index (Phi) is 5.16. The Morgan fingerprint density at radius 3 is 2.48 bits per heavy atom. The molecule has 6 heteroatoms. The van der Waals surface area contributed by atoms with Gasteiger partial charge in [0.05, 0.1) is 5.02 Å². The van der Waals surface area contributed by atoms with Crippen molar-refractivity contribution in [3.05, 3.63) is 75.6 Å². The number of benzene rings is 2. The fourth-order valence-electron chi connectivity index (χ4n) is 2.23. The number of carbonyl (C=O) groups excluding carboxylic acids is 2. The molecule has 0 bridgehead atoms. The highest BCUT2D eigenvalue weighted by molar-refractivity contribution is 7.21. The van der Waals surface area contributed by atoms with Crippen molar-refractivity contribution in [2.45, 2.75) is 6.92 Å². The molecule has 25 heavy (non-hydrogen) atoms. The van der Waals surface area contributed by atoms with E-state index in [1.807, 2.05) is 55.5 Å². The van der Waals surface area contributed by atoms with Crippen LogP contribution in [0.15, 0.2) is 54.6 Å². The molecular weight excluding hydrogens is 356 g/mol. The van der Waals surface area contributed by atoms with Gasteiger partial charge < -0.3 is 0 Å². The molecule has 0 spiro atoms. The molecule has 0 radical (unpaired) electrons. The Hall–Kier alpha value is -2.63. The maximum Gasteiger partial charge on any atom is 0.281 e. The summed E-state index contributed by atoms with van der Waals surface area (Å²) in [5.41, 5.74) is 6.79. The van der Waals surface area contributed by atoms with E-state index in [4.69, 9.17) is 11.6 Å². The number of hydrogen-bond acceptors (Lipinski definition) is 3. The summed E-state index contributed by atoms with van der Waals surface area (Å²) >= 11 is 7.53. The van der Waals surface area contributed by atoms with Crippen LogP contribution in [0, 0.1) is 6.92 Å². The number of rotatable bonds is 3. The topological polar surface area (TPSA) is 58.2 Å². The molecule has 2 aromatic carbocycles. The maximum absolute atomic E-state index is 12.2. The Morgan fingerprint density at radius 1 is 1.04 bits per heavy atom. The van der Waals surface area contributed by atoms with Gasteiger partial charge in [-0.05, 0) is 24.6 Å². The van der Waals surface area contributed by atoms with Crippen LogP contribution in [0.25, 0.3) is 16.2 Å². The average molecular weight is 371 g/mol. The number of nitrogens with one attached hydrogen (secondary N) is 2. The predicted molar refractivity (Wildman–Crippen MR) is 103 cm³/mol. The highest BCUT2D eigenvalue weighted by Gasteiger charge is 2.16. The van der Waals surface area contributed by atoms with Gasteiger partial charge >= 0.3 is 0 Å². The van der Waals surface area contributed by atoms with Crippen molar-refractivity contribution in [3.8, 4) is 0 Å². The predicted octanol–water partition coefficient (Wildman–Crippen LogP) is 4.34. The summed E-state index contributed by atoms with van der Waals surface area (Å²) in [5, 5.41) is 1.22. The molecule has 0 atom stereocenters. The number of amides is 2. The van der Waals surface area contributed by atoms with Crippen LogP contribution in [-0.4, -0.2) is 11.8 Å². The van der Waals surface area contributed by atoms with E-state index in [9.17, 15) is 9.59 Å². The number of halogens is 1. The zero-order valence-electron chi connectivity index (χ0n) is 13.4. The molecule has 2 N–H and O–H groups in total. The molecule has 1 heterocycles. The Labute approximate surface area is 154 Å². The maximum atomic E-state index is 12.2. The lowest BCUT2D eigenvalue weighted by atomic mass is 10.1. The summed E-state index contributed by atoms with van der Waals surface area (Å²) in [7, 11) is 0. The lowest BCUT2D eigenvalue weighted by Crippen LogP contribution is -2.40. The van der Waals surface area contributed by atoms with E-state index in [1.165, 1.54) is 17.4 Å². The van der Waals surface area contributed by atoms with Gasteiger partial charge in [0.15, 0.2) is 0 Å². The Balaban J connectivity index is 1.62. The van der Waals surface area contributed by atoms with Gasteiger partial charge in [-0.2, -0.15) is 0 Å². The van der Waals surface area contributed by atoms with E-state index >= 15 is 0 Å². The standard InChI is InChI=1S/C19H15ClN2O2S/c1-12-6-8-13(9-7-12)10-11-16(23)21-22-19(24)18-17(20)14-4-2-3-5-15(14)25-18/h2-11H,1H3,(H,21,23)(H,22,24). The van der Waals surface area contributed by atoms with Gasteiger partial charge in [-0.15, -0.1) is 11.3 Å². The summed E-state index contributed by atoms with van der Waals surface area (Å²) in [6.07, 6.45) is 3.03. The number of thiophene rings is 1. The zero-order chi connectivity index (χ0) is 17.8. The molecule has 0 fully saturated rings. The van der Waals surface area contributed by atoms with Crippen molar-refractivity contribution in [1.29, 1.82) is 0 Å². The van der Waals surface area contributed by atoms with Crippen molar-refractivity contribution in [2.24, 2.45) is 0 Å². The first-order valence-electron chi connectivity index (χ1n) is 7.56. The fourth-order valence-corrected chi connectivity index (χ4v) is 3.64. The van der Waals surface area contributed by atoms with E-state index in [0.29, 0.717) is 9.90 Å². The zero-order valence-corrected chi connectivity index (χ0v) is 14.9. The van der Waals surface area contributed by atoms with Crippen molar-refractivity contribution in [2.75, 3.05) is 0 Å². The second-order valence-electron chi connectivity index (χ2n) is 5.43. The molecular formula is C19H15ClN2O2S. The second kappa shape index (κ2) is 7.51. The van der Waals surface area contributed by atoms with Crippen LogP contribution in [0.5, 0.6) is 0 Å². The van der Waals surface area contributed by atoms with Gasteiger partial charge in [0.1, 0.15) is 4.88 Å². The summed E-state index contributed by atoms with van der Waals surface area (Å²) in [4.78, 5) is 24.4. The molecule has 3 rings (SSSR count). The molecule has 126 valence electrons. The minimum Gasteiger partial charge on any atom is -0.268 e. The lowest BCUT2D eigenvalue weighted by molar-refractivity contribution is -0.117. The van der Waals surface area contributed by atoms with Crippen LogP contribution in [0.3, 0.4) is 0 Å². The van der Waals surface area contributed by atoms with E-state index in [2.05, 4.69) is 10.9 Å². The molecule has 0 unspecified atom stereocenters. The number of hydrazine groups is 1. The highest BCUT2D eigenvalue weighted by Crippen LogP contribution is 2.34. The molecule has 0 aliphatic heterocycles.